The molecular formula is C26H24FN3O2S. The molecule has 0 aliphatic carbocycles. The van der Waals surface area contributed by atoms with Gasteiger partial charge in [0, 0.05) is 12.2 Å². The predicted molar refractivity (Wildman–Crippen MR) is 130 cm³/mol. The van der Waals surface area contributed by atoms with Crippen molar-refractivity contribution in [3.05, 3.63) is 102 Å². The van der Waals surface area contributed by atoms with Crippen LogP contribution in [-0.4, -0.2) is 39.3 Å². The fourth-order valence-electron chi connectivity index (χ4n) is 3.87. The summed E-state index contributed by atoms with van der Waals surface area (Å²) in [5, 5.41) is 3.17. The summed E-state index contributed by atoms with van der Waals surface area (Å²) in [5.41, 5.74) is 2.57. The molecule has 1 saturated heterocycles. The summed E-state index contributed by atoms with van der Waals surface area (Å²) in [7, 11) is 0. The van der Waals surface area contributed by atoms with Gasteiger partial charge in [0.05, 0.1) is 13.0 Å². The van der Waals surface area contributed by atoms with Crippen LogP contribution in [-0.2, 0) is 22.6 Å². The van der Waals surface area contributed by atoms with Gasteiger partial charge in [-0.3, -0.25) is 14.5 Å². The summed E-state index contributed by atoms with van der Waals surface area (Å²) in [5.74, 6) is -0.895. The van der Waals surface area contributed by atoms with E-state index in [0.717, 1.165) is 11.1 Å². The van der Waals surface area contributed by atoms with Crippen LogP contribution in [0.4, 0.5) is 10.1 Å². The number of carbonyl (C=O) groups excluding carboxylic acids is 2. The molecule has 0 radical (unpaired) electrons. The molecule has 0 unspecified atom stereocenters. The lowest BCUT2D eigenvalue weighted by Gasteiger charge is -2.24. The first-order valence-electron chi connectivity index (χ1n) is 10.8. The Labute approximate surface area is 197 Å². The molecule has 1 heterocycles. The Bertz CT molecular complexity index is 1120. The summed E-state index contributed by atoms with van der Waals surface area (Å²) in [6.07, 6.45) is 0.653. The number of rotatable bonds is 8. The largest absolute Gasteiger partial charge is 0.336 e. The molecule has 1 N–H and O–H groups in total. The van der Waals surface area contributed by atoms with Gasteiger partial charge in [-0.1, -0.05) is 60.7 Å². The number of carbonyl (C=O) groups is 2. The maximum absolute atomic E-state index is 13.3. The van der Waals surface area contributed by atoms with Crippen LogP contribution in [0.1, 0.15) is 17.5 Å². The molecule has 1 fully saturated rings. The van der Waals surface area contributed by atoms with Crippen LogP contribution in [0, 0.1) is 5.82 Å². The molecule has 4 rings (SSSR count). The average molecular weight is 462 g/mol. The van der Waals surface area contributed by atoms with E-state index in [-0.39, 0.29) is 24.1 Å². The minimum absolute atomic E-state index is 0.0452. The van der Waals surface area contributed by atoms with E-state index < -0.39 is 6.04 Å². The summed E-state index contributed by atoms with van der Waals surface area (Å²) in [6.45, 7) is 0.880. The number of hydrogen-bond donors (Lipinski definition) is 1. The Kier molecular flexibility index (Phi) is 7.10. The first-order chi connectivity index (χ1) is 16.0. The number of thiocarbonyl (C=S) groups is 1. The number of amides is 2. The zero-order valence-corrected chi connectivity index (χ0v) is 18.8. The zero-order chi connectivity index (χ0) is 23.2. The van der Waals surface area contributed by atoms with Gasteiger partial charge in [0.1, 0.15) is 11.9 Å². The zero-order valence-electron chi connectivity index (χ0n) is 18.0. The Hall–Kier alpha value is -3.58. The van der Waals surface area contributed by atoms with E-state index in [2.05, 4.69) is 5.32 Å². The lowest BCUT2D eigenvalue weighted by molar-refractivity contribution is -0.131. The molecule has 3 aromatic rings. The van der Waals surface area contributed by atoms with Gasteiger partial charge in [0.15, 0.2) is 5.11 Å². The molecule has 2 amide bonds. The van der Waals surface area contributed by atoms with Crippen molar-refractivity contribution in [1.29, 1.82) is 0 Å². The number of benzene rings is 3. The van der Waals surface area contributed by atoms with E-state index in [9.17, 15) is 14.0 Å². The third-order valence-corrected chi connectivity index (χ3v) is 6.03. The number of anilines is 1. The molecule has 3 aromatic carbocycles. The fourth-order valence-corrected chi connectivity index (χ4v) is 4.24. The van der Waals surface area contributed by atoms with Gasteiger partial charge in [0.2, 0.25) is 5.91 Å². The maximum Gasteiger partial charge on any atom is 0.252 e. The second-order valence-corrected chi connectivity index (χ2v) is 8.26. The Morgan fingerprint density at radius 2 is 1.52 bits per heavy atom. The highest BCUT2D eigenvalue weighted by molar-refractivity contribution is 7.80. The second-order valence-electron chi connectivity index (χ2n) is 7.90. The predicted octanol–water partition coefficient (Wildman–Crippen LogP) is 4.39. The van der Waals surface area contributed by atoms with Crippen molar-refractivity contribution in [3.8, 4) is 0 Å². The SMILES string of the molecule is O=C(C[C@H]1C(=O)N(Cc2ccccc2)C(=S)N1CCc1ccccc1)Nc1ccc(F)cc1. The van der Waals surface area contributed by atoms with Gasteiger partial charge in [0.25, 0.3) is 5.91 Å². The van der Waals surface area contributed by atoms with Crippen molar-refractivity contribution in [2.75, 3.05) is 11.9 Å². The molecule has 0 aromatic heterocycles. The summed E-state index contributed by atoms with van der Waals surface area (Å²) in [4.78, 5) is 29.5. The monoisotopic (exact) mass is 461 g/mol. The molecule has 1 aliphatic heterocycles. The highest BCUT2D eigenvalue weighted by Crippen LogP contribution is 2.24. The van der Waals surface area contributed by atoms with Gasteiger partial charge in [-0.05, 0) is 54.0 Å². The normalized spacial score (nSPS) is 15.7. The number of nitrogens with zero attached hydrogens (tertiary/aromatic N) is 2. The molecule has 1 atom stereocenters. The van der Waals surface area contributed by atoms with Gasteiger partial charge in [-0.2, -0.15) is 0 Å². The van der Waals surface area contributed by atoms with Crippen molar-refractivity contribution in [3.63, 3.8) is 0 Å². The highest BCUT2D eigenvalue weighted by Gasteiger charge is 2.43. The van der Waals surface area contributed by atoms with E-state index >= 15 is 0 Å². The van der Waals surface area contributed by atoms with Crippen LogP contribution in [0.15, 0.2) is 84.9 Å². The maximum atomic E-state index is 13.3. The first-order valence-corrected chi connectivity index (χ1v) is 11.2. The van der Waals surface area contributed by atoms with Crippen molar-refractivity contribution in [2.45, 2.75) is 25.4 Å². The second kappa shape index (κ2) is 10.4. The van der Waals surface area contributed by atoms with Crippen molar-refractivity contribution in [2.24, 2.45) is 0 Å². The van der Waals surface area contributed by atoms with Gasteiger partial charge < -0.3 is 10.2 Å². The molecule has 168 valence electrons. The summed E-state index contributed by atoms with van der Waals surface area (Å²) >= 11 is 5.69. The lowest BCUT2D eigenvalue weighted by atomic mass is 10.1. The fraction of sp³-hybridized carbons (Fsp3) is 0.192. The van der Waals surface area contributed by atoms with E-state index in [1.54, 1.807) is 4.90 Å². The standard InChI is InChI=1S/C26H24FN3O2S/c27-21-11-13-22(14-12-21)28-24(31)17-23-25(32)30(18-20-9-5-2-6-10-20)26(33)29(23)16-15-19-7-3-1-4-8-19/h1-14,23H,15-18H2,(H,28,31)/t23-/m0/s1. The molecule has 0 saturated carbocycles. The van der Waals surface area contributed by atoms with Crippen molar-refractivity contribution >= 4 is 34.8 Å². The third kappa shape index (κ3) is 5.62. The molecule has 7 heteroatoms. The molecule has 5 nitrogen and oxygen atoms in total. The van der Waals surface area contributed by atoms with Crippen LogP contribution in [0.2, 0.25) is 0 Å². The lowest BCUT2D eigenvalue weighted by Crippen LogP contribution is -2.39. The van der Waals surface area contributed by atoms with E-state index in [4.69, 9.17) is 12.2 Å². The quantitative estimate of drug-likeness (QED) is 0.506. The smallest absolute Gasteiger partial charge is 0.252 e. The number of hydrogen-bond acceptors (Lipinski definition) is 3. The average Bonchev–Trinajstić information content (AvgIpc) is 3.04. The van der Waals surface area contributed by atoms with Gasteiger partial charge in [-0.15, -0.1) is 0 Å². The molecule has 33 heavy (non-hydrogen) atoms. The minimum Gasteiger partial charge on any atom is -0.336 e. The van der Waals surface area contributed by atoms with Gasteiger partial charge in [-0.25, -0.2) is 4.39 Å². The third-order valence-electron chi connectivity index (χ3n) is 5.58. The van der Waals surface area contributed by atoms with Crippen molar-refractivity contribution < 1.29 is 14.0 Å². The van der Waals surface area contributed by atoms with Crippen LogP contribution >= 0.6 is 12.2 Å². The van der Waals surface area contributed by atoms with E-state index in [1.165, 1.54) is 24.3 Å². The van der Waals surface area contributed by atoms with Crippen molar-refractivity contribution in [1.82, 2.24) is 9.80 Å². The highest BCUT2D eigenvalue weighted by atomic mass is 32.1. The molecule has 0 bridgehead atoms. The van der Waals surface area contributed by atoms with E-state index in [1.807, 2.05) is 65.6 Å². The first kappa shape index (κ1) is 22.6. The Morgan fingerprint density at radius 1 is 0.909 bits per heavy atom. The van der Waals surface area contributed by atoms with Crippen LogP contribution < -0.4 is 5.32 Å². The Balaban J connectivity index is 1.50. The van der Waals surface area contributed by atoms with E-state index in [0.29, 0.717) is 30.3 Å². The molecule has 1 aliphatic rings. The topological polar surface area (TPSA) is 52.7 Å². The number of nitrogens with one attached hydrogen (secondary N) is 1. The van der Waals surface area contributed by atoms with Gasteiger partial charge >= 0.3 is 0 Å². The number of halogens is 1. The van der Waals surface area contributed by atoms with Crippen LogP contribution in [0.3, 0.4) is 0 Å². The van der Waals surface area contributed by atoms with Crippen LogP contribution in [0.25, 0.3) is 0 Å². The molecule has 0 spiro atoms. The Morgan fingerprint density at radius 3 is 2.15 bits per heavy atom. The molecular weight excluding hydrogens is 437 g/mol. The summed E-state index contributed by atoms with van der Waals surface area (Å²) in [6, 6.07) is 24.4. The minimum atomic E-state index is -0.689. The summed E-state index contributed by atoms with van der Waals surface area (Å²) < 4.78 is 13.2. The van der Waals surface area contributed by atoms with Crippen LogP contribution in [0.5, 0.6) is 0 Å².